The molecule has 110 valence electrons. The molecule has 0 atom stereocenters. The average molecular weight is 320 g/mol. The highest BCUT2D eigenvalue weighted by molar-refractivity contribution is 7.80. The van der Waals surface area contributed by atoms with Crippen LogP contribution in [0.1, 0.15) is 36.5 Å². The number of benzene rings is 2. The molecular formula is C17H18ClNOS. The Labute approximate surface area is 135 Å². The lowest BCUT2D eigenvalue weighted by Gasteiger charge is -2.16. The van der Waals surface area contributed by atoms with Gasteiger partial charge in [-0.25, -0.2) is 0 Å². The summed E-state index contributed by atoms with van der Waals surface area (Å²) in [7, 11) is 0. The quantitative estimate of drug-likeness (QED) is 0.787. The summed E-state index contributed by atoms with van der Waals surface area (Å²) in [5.41, 5.74) is 8.69. The van der Waals surface area contributed by atoms with Gasteiger partial charge in [0.05, 0.1) is 5.56 Å². The molecule has 0 amide bonds. The lowest BCUT2D eigenvalue weighted by atomic mass is 10.0. The number of hydrogen-bond acceptors (Lipinski definition) is 2. The minimum Gasteiger partial charge on any atom is -0.456 e. The van der Waals surface area contributed by atoms with Crippen LogP contribution in [0.2, 0.25) is 5.02 Å². The van der Waals surface area contributed by atoms with Crippen molar-refractivity contribution in [3.05, 3.63) is 58.1 Å². The number of halogens is 1. The van der Waals surface area contributed by atoms with E-state index in [0.717, 1.165) is 16.9 Å². The van der Waals surface area contributed by atoms with Gasteiger partial charge in [0.1, 0.15) is 16.5 Å². The maximum absolute atomic E-state index is 6.07. The SMILES string of the molecule is Cc1ccc(C(C)C)c(Oc2ccc(Cl)cc2C(N)=S)c1. The van der Waals surface area contributed by atoms with Gasteiger partial charge in [-0.3, -0.25) is 0 Å². The predicted octanol–water partition coefficient (Wildman–Crippen LogP) is 5.20. The molecule has 4 heteroatoms. The summed E-state index contributed by atoms with van der Waals surface area (Å²) in [5, 5.41) is 0.582. The Bertz CT molecular complexity index is 682. The molecule has 0 aliphatic rings. The fourth-order valence-electron chi connectivity index (χ4n) is 2.11. The summed E-state index contributed by atoms with van der Waals surface area (Å²) in [6.45, 7) is 6.30. The van der Waals surface area contributed by atoms with E-state index >= 15 is 0 Å². The largest absolute Gasteiger partial charge is 0.456 e. The fourth-order valence-corrected chi connectivity index (χ4v) is 2.44. The molecule has 2 N–H and O–H groups in total. The van der Waals surface area contributed by atoms with Crippen LogP contribution in [0, 0.1) is 6.92 Å². The summed E-state index contributed by atoms with van der Waals surface area (Å²) >= 11 is 11.1. The van der Waals surface area contributed by atoms with Crippen LogP contribution in [-0.4, -0.2) is 4.99 Å². The Kier molecular flexibility index (Phi) is 4.86. The fraction of sp³-hybridized carbons (Fsp3) is 0.235. The van der Waals surface area contributed by atoms with Gasteiger partial charge in [0.15, 0.2) is 0 Å². The van der Waals surface area contributed by atoms with Crippen LogP contribution in [0.15, 0.2) is 36.4 Å². The van der Waals surface area contributed by atoms with E-state index in [-0.39, 0.29) is 4.99 Å². The zero-order valence-electron chi connectivity index (χ0n) is 12.3. The molecule has 0 unspecified atom stereocenters. The van der Waals surface area contributed by atoms with Crippen LogP contribution in [0.25, 0.3) is 0 Å². The van der Waals surface area contributed by atoms with Crippen molar-refractivity contribution in [3.8, 4) is 11.5 Å². The molecule has 2 nitrogen and oxygen atoms in total. The molecule has 0 saturated heterocycles. The lowest BCUT2D eigenvalue weighted by Crippen LogP contribution is -2.11. The van der Waals surface area contributed by atoms with Gasteiger partial charge in [-0.05, 0) is 48.2 Å². The summed E-state index contributed by atoms with van der Waals surface area (Å²) in [6, 6.07) is 11.5. The van der Waals surface area contributed by atoms with Gasteiger partial charge in [-0.2, -0.15) is 0 Å². The molecule has 0 aliphatic carbocycles. The van der Waals surface area contributed by atoms with E-state index in [2.05, 4.69) is 26.0 Å². The van der Waals surface area contributed by atoms with Crippen LogP contribution in [0.4, 0.5) is 0 Å². The minimum absolute atomic E-state index is 0.270. The molecule has 21 heavy (non-hydrogen) atoms. The number of ether oxygens (including phenoxy) is 1. The van der Waals surface area contributed by atoms with Crippen molar-refractivity contribution in [2.45, 2.75) is 26.7 Å². The van der Waals surface area contributed by atoms with Crippen LogP contribution in [0.3, 0.4) is 0 Å². The van der Waals surface area contributed by atoms with Crippen molar-refractivity contribution in [1.82, 2.24) is 0 Å². The van der Waals surface area contributed by atoms with Crippen molar-refractivity contribution >= 4 is 28.8 Å². The Morgan fingerprint density at radius 1 is 1.14 bits per heavy atom. The first-order chi connectivity index (χ1) is 9.88. The standard InChI is InChI=1S/C17H18ClNOS/c1-10(2)13-6-4-11(3)8-16(13)20-15-7-5-12(18)9-14(15)17(19)21/h4-10H,1-3H3,(H2,19,21). The molecule has 0 bridgehead atoms. The maximum atomic E-state index is 6.07. The second-order valence-electron chi connectivity index (χ2n) is 5.30. The topological polar surface area (TPSA) is 35.2 Å². The van der Waals surface area contributed by atoms with E-state index in [1.165, 1.54) is 0 Å². The number of hydrogen-bond donors (Lipinski definition) is 1. The highest BCUT2D eigenvalue weighted by Crippen LogP contribution is 2.34. The molecule has 0 aliphatic heterocycles. The first-order valence-corrected chi connectivity index (χ1v) is 7.55. The molecule has 0 spiro atoms. The molecule has 2 aromatic carbocycles. The van der Waals surface area contributed by atoms with Crippen LogP contribution in [-0.2, 0) is 0 Å². The van der Waals surface area contributed by atoms with Crippen molar-refractivity contribution in [2.75, 3.05) is 0 Å². The Balaban J connectivity index is 2.47. The van der Waals surface area contributed by atoms with Crippen LogP contribution >= 0.6 is 23.8 Å². The summed E-state index contributed by atoms with van der Waals surface area (Å²) in [4.78, 5) is 0.270. The predicted molar refractivity (Wildman–Crippen MR) is 92.7 cm³/mol. The van der Waals surface area contributed by atoms with Gasteiger partial charge in [-0.15, -0.1) is 0 Å². The molecule has 0 saturated carbocycles. The number of nitrogens with two attached hydrogens (primary N) is 1. The van der Waals surface area contributed by atoms with Gasteiger partial charge < -0.3 is 10.5 Å². The van der Waals surface area contributed by atoms with Crippen molar-refractivity contribution in [1.29, 1.82) is 0 Å². The van der Waals surface area contributed by atoms with E-state index in [0.29, 0.717) is 22.3 Å². The second-order valence-corrected chi connectivity index (χ2v) is 6.18. The van der Waals surface area contributed by atoms with Gasteiger partial charge in [0, 0.05) is 5.02 Å². The highest BCUT2D eigenvalue weighted by atomic mass is 35.5. The Hall–Kier alpha value is -1.58. The zero-order valence-corrected chi connectivity index (χ0v) is 13.9. The van der Waals surface area contributed by atoms with E-state index in [4.69, 9.17) is 34.3 Å². The van der Waals surface area contributed by atoms with Gasteiger partial charge >= 0.3 is 0 Å². The minimum atomic E-state index is 0.270. The number of aryl methyl sites for hydroxylation is 1. The third-order valence-corrected chi connectivity index (χ3v) is 3.67. The van der Waals surface area contributed by atoms with Crippen molar-refractivity contribution in [3.63, 3.8) is 0 Å². The van der Waals surface area contributed by atoms with E-state index in [9.17, 15) is 0 Å². The number of thiocarbonyl (C=S) groups is 1. The lowest BCUT2D eigenvalue weighted by molar-refractivity contribution is 0.472. The smallest absolute Gasteiger partial charge is 0.137 e. The Morgan fingerprint density at radius 3 is 2.48 bits per heavy atom. The average Bonchev–Trinajstić information content (AvgIpc) is 2.40. The second kappa shape index (κ2) is 6.46. The molecule has 0 radical (unpaired) electrons. The molecule has 0 heterocycles. The van der Waals surface area contributed by atoms with Crippen molar-refractivity contribution < 1.29 is 4.74 Å². The highest BCUT2D eigenvalue weighted by Gasteiger charge is 2.13. The van der Waals surface area contributed by atoms with Crippen LogP contribution < -0.4 is 10.5 Å². The van der Waals surface area contributed by atoms with Gasteiger partial charge in [0.25, 0.3) is 0 Å². The summed E-state index contributed by atoms with van der Waals surface area (Å²) < 4.78 is 6.07. The molecule has 0 aromatic heterocycles. The van der Waals surface area contributed by atoms with Gasteiger partial charge in [-0.1, -0.05) is 49.8 Å². The van der Waals surface area contributed by atoms with E-state index in [1.54, 1.807) is 18.2 Å². The molecule has 2 rings (SSSR count). The molecule has 2 aromatic rings. The normalized spacial score (nSPS) is 10.7. The van der Waals surface area contributed by atoms with Crippen LogP contribution in [0.5, 0.6) is 11.5 Å². The summed E-state index contributed by atoms with van der Waals surface area (Å²) in [5.74, 6) is 1.81. The van der Waals surface area contributed by atoms with Crippen molar-refractivity contribution in [2.24, 2.45) is 5.73 Å². The Morgan fingerprint density at radius 2 is 1.86 bits per heavy atom. The summed E-state index contributed by atoms with van der Waals surface area (Å²) in [6.07, 6.45) is 0. The third kappa shape index (κ3) is 3.74. The van der Waals surface area contributed by atoms with E-state index < -0.39 is 0 Å². The van der Waals surface area contributed by atoms with E-state index in [1.807, 2.05) is 13.0 Å². The maximum Gasteiger partial charge on any atom is 0.137 e. The molecular weight excluding hydrogens is 302 g/mol. The monoisotopic (exact) mass is 319 g/mol. The first-order valence-electron chi connectivity index (χ1n) is 6.76. The first kappa shape index (κ1) is 15.8. The number of rotatable bonds is 4. The zero-order chi connectivity index (χ0) is 15.6. The van der Waals surface area contributed by atoms with Gasteiger partial charge in [0.2, 0.25) is 0 Å². The molecule has 0 fully saturated rings. The third-order valence-electron chi connectivity index (χ3n) is 3.22.